The summed E-state index contributed by atoms with van der Waals surface area (Å²) in [6.07, 6.45) is 2.90. The molecule has 0 bridgehead atoms. The standard InChI is InChI=1S/C17H14Cl2O3/c18-14-8-6-13(16(19)12-14)7-9-17(20)22-11-10-21-15-4-2-1-3-5-15/h1-9,12H,10-11H2/b9-7+. The van der Waals surface area contributed by atoms with Crippen molar-refractivity contribution < 1.29 is 14.3 Å². The molecule has 0 aromatic heterocycles. The van der Waals surface area contributed by atoms with Gasteiger partial charge in [-0.2, -0.15) is 0 Å². The van der Waals surface area contributed by atoms with Crippen LogP contribution in [0.3, 0.4) is 0 Å². The fourth-order valence-corrected chi connectivity index (χ4v) is 2.13. The van der Waals surface area contributed by atoms with Crippen LogP contribution < -0.4 is 4.74 Å². The largest absolute Gasteiger partial charge is 0.490 e. The lowest BCUT2D eigenvalue weighted by Gasteiger charge is -2.05. The minimum Gasteiger partial charge on any atom is -0.490 e. The molecule has 0 fully saturated rings. The molecule has 2 aromatic rings. The van der Waals surface area contributed by atoms with Gasteiger partial charge in [-0.25, -0.2) is 4.79 Å². The zero-order chi connectivity index (χ0) is 15.8. The number of halogens is 2. The van der Waals surface area contributed by atoms with Gasteiger partial charge in [-0.15, -0.1) is 0 Å². The molecule has 5 heteroatoms. The smallest absolute Gasteiger partial charge is 0.330 e. The second-order valence-electron chi connectivity index (χ2n) is 4.33. The van der Waals surface area contributed by atoms with E-state index in [1.165, 1.54) is 6.08 Å². The molecule has 2 rings (SSSR count). The molecule has 0 aliphatic carbocycles. The second kappa shape index (κ2) is 8.47. The van der Waals surface area contributed by atoms with E-state index in [0.29, 0.717) is 22.2 Å². The van der Waals surface area contributed by atoms with Crippen LogP contribution in [0.25, 0.3) is 6.08 Å². The summed E-state index contributed by atoms with van der Waals surface area (Å²) in [5.74, 6) is 0.282. The Morgan fingerprint density at radius 1 is 1.05 bits per heavy atom. The minimum atomic E-state index is -0.456. The molecule has 0 radical (unpaired) electrons. The highest BCUT2D eigenvalue weighted by Crippen LogP contribution is 2.21. The molecule has 114 valence electrons. The van der Waals surface area contributed by atoms with E-state index < -0.39 is 5.97 Å². The number of esters is 1. The average Bonchev–Trinajstić information content (AvgIpc) is 2.52. The molecule has 22 heavy (non-hydrogen) atoms. The van der Waals surface area contributed by atoms with E-state index in [0.717, 1.165) is 5.75 Å². The quantitative estimate of drug-likeness (QED) is 0.438. The van der Waals surface area contributed by atoms with E-state index in [2.05, 4.69) is 0 Å². The summed E-state index contributed by atoms with van der Waals surface area (Å²) in [5.41, 5.74) is 0.698. The van der Waals surface area contributed by atoms with Crippen molar-refractivity contribution in [2.24, 2.45) is 0 Å². The van der Waals surface area contributed by atoms with Gasteiger partial charge in [0.2, 0.25) is 0 Å². The number of hydrogen-bond acceptors (Lipinski definition) is 3. The second-order valence-corrected chi connectivity index (χ2v) is 5.17. The number of rotatable bonds is 6. The van der Waals surface area contributed by atoms with Crippen LogP contribution in [0.2, 0.25) is 10.0 Å². The highest BCUT2D eigenvalue weighted by Gasteiger charge is 2.01. The topological polar surface area (TPSA) is 35.5 Å². The van der Waals surface area contributed by atoms with Gasteiger partial charge in [0.05, 0.1) is 0 Å². The van der Waals surface area contributed by atoms with E-state index in [4.69, 9.17) is 32.7 Å². The van der Waals surface area contributed by atoms with Crippen molar-refractivity contribution >= 4 is 35.2 Å². The third-order valence-electron chi connectivity index (χ3n) is 2.70. The minimum absolute atomic E-state index is 0.173. The van der Waals surface area contributed by atoms with Gasteiger partial charge >= 0.3 is 5.97 Å². The van der Waals surface area contributed by atoms with Gasteiger partial charge in [-0.3, -0.25) is 0 Å². The number of hydrogen-bond donors (Lipinski definition) is 0. The molecule has 0 saturated heterocycles. The molecular formula is C17H14Cl2O3. The fourth-order valence-electron chi connectivity index (χ4n) is 1.66. The summed E-state index contributed by atoms with van der Waals surface area (Å²) >= 11 is 11.8. The Morgan fingerprint density at radius 3 is 2.55 bits per heavy atom. The molecule has 0 amide bonds. The van der Waals surface area contributed by atoms with Crippen LogP contribution in [0.15, 0.2) is 54.6 Å². The predicted octanol–water partition coefficient (Wildman–Crippen LogP) is 4.63. The molecule has 0 heterocycles. The van der Waals surface area contributed by atoms with Gasteiger partial charge in [0.15, 0.2) is 0 Å². The van der Waals surface area contributed by atoms with Crippen LogP contribution in [0.1, 0.15) is 5.56 Å². The van der Waals surface area contributed by atoms with E-state index >= 15 is 0 Å². The summed E-state index contributed by atoms with van der Waals surface area (Å²) in [7, 11) is 0. The van der Waals surface area contributed by atoms with Crippen molar-refractivity contribution in [2.45, 2.75) is 0 Å². The number of ether oxygens (including phenoxy) is 2. The molecule has 0 atom stereocenters. The zero-order valence-electron chi connectivity index (χ0n) is 11.7. The lowest BCUT2D eigenvalue weighted by molar-refractivity contribution is -0.138. The Labute approximate surface area is 139 Å². The van der Waals surface area contributed by atoms with Crippen molar-refractivity contribution in [1.82, 2.24) is 0 Å². The lowest BCUT2D eigenvalue weighted by atomic mass is 10.2. The Kier molecular flexibility index (Phi) is 6.31. The molecule has 0 N–H and O–H groups in total. The lowest BCUT2D eigenvalue weighted by Crippen LogP contribution is -2.10. The Hall–Kier alpha value is -1.97. The first-order valence-electron chi connectivity index (χ1n) is 6.63. The van der Waals surface area contributed by atoms with Crippen LogP contribution in [-0.4, -0.2) is 19.2 Å². The molecule has 2 aromatic carbocycles. The fraction of sp³-hybridized carbons (Fsp3) is 0.118. The van der Waals surface area contributed by atoms with Gasteiger partial charge in [0, 0.05) is 16.1 Å². The van der Waals surface area contributed by atoms with Crippen molar-refractivity contribution in [3.63, 3.8) is 0 Å². The summed E-state index contributed by atoms with van der Waals surface area (Å²) in [6.45, 7) is 0.470. The zero-order valence-corrected chi connectivity index (χ0v) is 13.2. The van der Waals surface area contributed by atoms with Crippen LogP contribution in [-0.2, 0) is 9.53 Å². The maximum atomic E-state index is 11.6. The summed E-state index contributed by atoms with van der Waals surface area (Å²) < 4.78 is 10.4. The highest BCUT2D eigenvalue weighted by molar-refractivity contribution is 6.35. The predicted molar refractivity (Wildman–Crippen MR) is 88.4 cm³/mol. The number of carbonyl (C=O) groups is 1. The highest BCUT2D eigenvalue weighted by atomic mass is 35.5. The molecule has 0 unspecified atom stereocenters. The third kappa shape index (κ3) is 5.43. The van der Waals surface area contributed by atoms with Crippen LogP contribution in [0.5, 0.6) is 5.75 Å². The molecule has 0 aliphatic heterocycles. The Balaban J connectivity index is 1.74. The summed E-state index contributed by atoms with van der Waals surface area (Å²) in [4.78, 5) is 11.6. The Bertz CT molecular complexity index is 654. The molecule has 0 saturated carbocycles. The van der Waals surface area contributed by atoms with E-state index in [1.54, 1.807) is 24.3 Å². The van der Waals surface area contributed by atoms with Crippen molar-refractivity contribution in [2.75, 3.05) is 13.2 Å². The van der Waals surface area contributed by atoms with E-state index in [-0.39, 0.29) is 6.61 Å². The first kappa shape index (κ1) is 16.4. The molecule has 0 spiro atoms. The summed E-state index contributed by atoms with van der Waals surface area (Å²) in [6, 6.07) is 14.4. The maximum Gasteiger partial charge on any atom is 0.330 e. The monoisotopic (exact) mass is 336 g/mol. The first-order chi connectivity index (χ1) is 10.6. The Morgan fingerprint density at radius 2 is 1.82 bits per heavy atom. The van der Waals surface area contributed by atoms with Gasteiger partial charge in [-0.1, -0.05) is 47.5 Å². The van der Waals surface area contributed by atoms with Crippen molar-refractivity contribution in [1.29, 1.82) is 0 Å². The number of para-hydroxylation sites is 1. The van der Waals surface area contributed by atoms with E-state index in [1.807, 2.05) is 30.3 Å². The SMILES string of the molecule is O=C(/C=C/c1ccc(Cl)cc1Cl)OCCOc1ccccc1. The van der Waals surface area contributed by atoms with Crippen LogP contribution >= 0.6 is 23.2 Å². The molecule has 0 aliphatic rings. The maximum absolute atomic E-state index is 11.6. The van der Waals surface area contributed by atoms with Crippen LogP contribution in [0, 0.1) is 0 Å². The summed E-state index contributed by atoms with van der Waals surface area (Å²) in [5, 5.41) is 1.02. The number of benzene rings is 2. The third-order valence-corrected chi connectivity index (χ3v) is 3.26. The number of carbonyl (C=O) groups excluding carboxylic acids is 1. The van der Waals surface area contributed by atoms with E-state index in [9.17, 15) is 4.79 Å². The van der Waals surface area contributed by atoms with Crippen molar-refractivity contribution in [3.8, 4) is 5.75 Å². The van der Waals surface area contributed by atoms with Crippen molar-refractivity contribution in [3.05, 3.63) is 70.2 Å². The normalized spacial score (nSPS) is 10.6. The first-order valence-corrected chi connectivity index (χ1v) is 7.38. The molecular weight excluding hydrogens is 323 g/mol. The van der Waals surface area contributed by atoms with Gasteiger partial charge in [-0.05, 0) is 35.9 Å². The van der Waals surface area contributed by atoms with Gasteiger partial charge in [0.1, 0.15) is 19.0 Å². The van der Waals surface area contributed by atoms with Gasteiger partial charge in [0.25, 0.3) is 0 Å². The average molecular weight is 337 g/mol. The van der Waals surface area contributed by atoms with Crippen LogP contribution in [0.4, 0.5) is 0 Å². The van der Waals surface area contributed by atoms with Gasteiger partial charge < -0.3 is 9.47 Å². The molecule has 3 nitrogen and oxygen atoms in total.